The lowest BCUT2D eigenvalue weighted by atomic mass is 10.1. The lowest BCUT2D eigenvalue weighted by Crippen LogP contribution is -2.21. The van der Waals surface area contributed by atoms with Crippen molar-refractivity contribution in [2.45, 2.75) is 6.92 Å². The Labute approximate surface area is 172 Å². The number of nitriles is 1. The Kier molecular flexibility index (Phi) is 6.56. The molecule has 1 aromatic heterocycles. The minimum atomic E-state index is -0.566. The van der Waals surface area contributed by atoms with Crippen molar-refractivity contribution in [1.82, 2.24) is 0 Å². The number of thiophene rings is 1. The average molecular weight is 402 g/mol. The summed E-state index contributed by atoms with van der Waals surface area (Å²) in [6.07, 6.45) is 1.76. The molecule has 0 atom stereocenters. The Balaban J connectivity index is 1.68. The van der Waals surface area contributed by atoms with E-state index in [0.29, 0.717) is 16.8 Å². The summed E-state index contributed by atoms with van der Waals surface area (Å²) in [5.74, 6) is -1.02. The highest BCUT2D eigenvalue weighted by atomic mass is 32.1. The Bertz CT molecular complexity index is 1080. The molecule has 6 heteroatoms. The van der Waals surface area contributed by atoms with Crippen molar-refractivity contribution in [3.63, 3.8) is 0 Å². The Morgan fingerprint density at radius 1 is 1.14 bits per heavy atom. The first-order valence-electron chi connectivity index (χ1n) is 8.84. The lowest BCUT2D eigenvalue weighted by Gasteiger charge is -2.09. The third-order valence-corrected chi connectivity index (χ3v) is 4.89. The Morgan fingerprint density at radius 3 is 2.59 bits per heavy atom. The van der Waals surface area contributed by atoms with Crippen LogP contribution < -0.4 is 5.32 Å². The summed E-state index contributed by atoms with van der Waals surface area (Å²) in [6.45, 7) is 1.57. The van der Waals surface area contributed by atoms with Crippen LogP contribution in [0, 0.1) is 18.3 Å². The zero-order valence-electron chi connectivity index (χ0n) is 15.7. The van der Waals surface area contributed by atoms with Crippen LogP contribution in [0.1, 0.15) is 21.6 Å². The second-order valence-electron chi connectivity index (χ2n) is 6.26. The molecule has 0 bridgehead atoms. The maximum atomic E-state index is 12.7. The molecule has 0 aliphatic carbocycles. The number of anilines is 1. The number of nitrogens with one attached hydrogen (secondary N) is 1. The van der Waals surface area contributed by atoms with Crippen LogP contribution in [0.25, 0.3) is 11.6 Å². The van der Waals surface area contributed by atoms with E-state index in [9.17, 15) is 9.59 Å². The number of hydrogen-bond acceptors (Lipinski definition) is 5. The molecule has 0 unspecified atom stereocenters. The van der Waals surface area contributed by atoms with Gasteiger partial charge in [-0.25, -0.2) is 4.79 Å². The first-order chi connectivity index (χ1) is 14.0. The van der Waals surface area contributed by atoms with Gasteiger partial charge in [-0.05, 0) is 54.3 Å². The maximum absolute atomic E-state index is 12.7. The van der Waals surface area contributed by atoms with Gasteiger partial charge in [0.1, 0.15) is 0 Å². The van der Waals surface area contributed by atoms with Crippen molar-refractivity contribution in [3.8, 4) is 6.07 Å². The second-order valence-corrected chi connectivity index (χ2v) is 7.21. The zero-order chi connectivity index (χ0) is 20.6. The molecule has 0 saturated carbocycles. The molecule has 29 heavy (non-hydrogen) atoms. The van der Waals surface area contributed by atoms with E-state index < -0.39 is 18.5 Å². The van der Waals surface area contributed by atoms with E-state index in [1.807, 2.05) is 54.8 Å². The summed E-state index contributed by atoms with van der Waals surface area (Å²) in [6, 6.07) is 19.9. The van der Waals surface area contributed by atoms with E-state index in [-0.39, 0.29) is 0 Å². The number of carbonyl (C=O) groups is 2. The van der Waals surface area contributed by atoms with Crippen molar-refractivity contribution >= 4 is 40.5 Å². The van der Waals surface area contributed by atoms with Crippen LogP contribution in [0.3, 0.4) is 0 Å². The number of rotatable bonds is 6. The first-order valence-corrected chi connectivity index (χ1v) is 9.72. The molecule has 1 amide bonds. The number of nitrogens with zero attached hydrogens (tertiary/aromatic N) is 1. The van der Waals surface area contributed by atoms with Crippen molar-refractivity contribution in [1.29, 1.82) is 5.26 Å². The van der Waals surface area contributed by atoms with Gasteiger partial charge in [0, 0.05) is 10.6 Å². The minimum absolute atomic E-state index is 0.400. The smallest absolute Gasteiger partial charge is 0.340 e. The highest BCUT2D eigenvalue weighted by molar-refractivity contribution is 7.11. The fraction of sp³-hybridized carbons (Fsp3) is 0.0870. The van der Waals surface area contributed by atoms with Crippen LogP contribution in [0.5, 0.6) is 0 Å². The standard InChI is InChI=1S/C23H18N2O3S/c1-16-4-2-5-18(12-16)13-20(21-6-3-11-29-21)23(27)28-15-22(26)25-19-9-7-17(14-24)8-10-19/h2-13H,15H2,1H3,(H,25,26)/b20-13+. The summed E-state index contributed by atoms with van der Waals surface area (Å²) in [7, 11) is 0. The van der Waals surface area contributed by atoms with E-state index in [1.165, 1.54) is 11.3 Å². The minimum Gasteiger partial charge on any atom is -0.452 e. The van der Waals surface area contributed by atoms with E-state index in [4.69, 9.17) is 10.00 Å². The number of esters is 1. The van der Waals surface area contributed by atoms with E-state index in [2.05, 4.69) is 5.32 Å². The van der Waals surface area contributed by atoms with Crippen LogP contribution >= 0.6 is 11.3 Å². The van der Waals surface area contributed by atoms with Gasteiger partial charge in [-0.2, -0.15) is 5.26 Å². The summed E-state index contributed by atoms with van der Waals surface area (Å²) in [5.41, 5.74) is 3.39. The van der Waals surface area contributed by atoms with Crippen LogP contribution in [-0.2, 0) is 14.3 Å². The molecule has 5 nitrogen and oxygen atoms in total. The highest BCUT2D eigenvalue weighted by Gasteiger charge is 2.16. The summed E-state index contributed by atoms with van der Waals surface area (Å²) in [4.78, 5) is 25.6. The van der Waals surface area contributed by atoms with Gasteiger partial charge >= 0.3 is 5.97 Å². The predicted molar refractivity (Wildman–Crippen MR) is 114 cm³/mol. The molecule has 0 aliphatic heterocycles. The van der Waals surface area contributed by atoms with Gasteiger partial charge in [0.2, 0.25) is 0 Å². The number of ether oxygens (including phenoxy) is 1. The highest BCUT2D eigenvalue weighted by Crippen LogP contribution is 2.24. The fourth-order valence-electron chi connectivity index (χ4n) is 2.62. The van der Waals surface area contributed by atoms with Crippen LogP contribution in [0.2, 0.25) is 0 Å². The molecule has 0 spiro atoms. The Morgan fingerprint density at radius 2 is 1.93 bits per heavy atom. The SMILES string of the molecule is Cc1cccc(/C=C(/C(=O)OCC(=O)Nc2ccc(C#N)cc2)c2cccs2)c1. The average Bonchev–Trinajstić information content (AvgIpc) is 3.25. The zero-order valence-corrected chi connectivity index (χ0v) is 16.5. The van der Waals surface area contributed by atoms with Crippen LogP contribution in [-0.4, -0.2) is 18.5 Å². The monoisotopic (exact) mass is 402 g/mol. The van der Waals surface area contributed by atoms with Gasteiger partial charge in [-0.15, -0.1) is 11.3 Å². The van der Waals surface area contributed by atoms with Gasteiger partial charge in [-0.3, -0.25) is 4.79 Å². The van der Waals surface area contributed by atoms with E-state index >= 15 is 0 Å². The summed E-state index contributed by atoms with van der Waals surface area (Å²) < 4.78 is 5.24. The van der Waals surface area contributed by atoms with Crippen molar-refractivity contribution < 1.29 is 14.3 Å². The van der Waals surface area contributed by atoms with E-state index in [0.717, 1.165) is 16.0 Å². The normalized spacial score (nSPS) is 10.8. The molecule has 3 rings (SSSR count). The van der Waals surface area contributed by atoms with E-state index in [1.54, 1.807) is 30.3 Å². The van der Waals surface area contributed by atoms with Gasteiger partial charge in [-0.1, -0.05) is 35.9 Å². The molecular weight excluding hydrogens is 384 g/mol. The predicted octanol–water partition coefficient (Wildman–Crippen LogP) is 4.65. The molecule has 1 heterocycles. The number of carbonyl (C=O) groups excluding carboxylic acids is 2. The van der Waals surface area contributed by atoms with Crippen molar-refractivity contribution in [2.75, 3.05) is 11.9 Å². The molecule has 3 aromatic rings. The van der Waals surface area contributed by atoms with Gasteiger partial charge in [0.05, 0.1) is 17.2 Å². The molecule has 0 radical (unpaired) electrons. The third-order valence-electron chi connectivity index (χ3n) is 3.99. The van der Waals surface area contributed by atoms with Gasteiger partial charge < -0.3 is 10.1 Å². The fourth-order valence-corrected chi connectivity index (χ4v) is 3.35. The summed E-state index contributed by atoms with van der Waals surface area (Å²) >= 11 is 1.43. The first kappa shape index (κ1) is 20.1. The molecule has 0 saturated heterocycles. The number of benzene rings is 2. The molecule has 0 fully saturated rings. The summed E-state index contributed by atoms with van der Waals surface area (Å²) in [5, 5.41) is 13.3. The number of hydrogen-bond donors (Lipinski definition) is 1. The quantitative estimate of drug-likeness (QED) is 0.481. The topological polar surface area (TPSA) is 79.2 Å². The third kappa shape index (κ3) is 5.64. The largest absolute Gasteiger partial charge is 0.452 e. The van der Waals surface area contributed by atoms with Gasteiger partial charge in [0.15, 0.2) is 6.61 Å². The van der Waals surface area contributed by atoms with Crippen molar-refractivity contribution in [2.24, 2.45) is 0 Å². The molecule has 2 aromatic carbocycles. The molecule has 0 aliphatic rings. The number of amides is 1. The Hall–Kier alpha value is -3.69. The molecular formula is C23H18N2O3S. The van der Waals surface area contributed by atoms with Gasteiger partial charge in [0.25, 0.3) is 5.91 Å². The molecule has 144 valence electrons. The second kappa shape index (κ2) is 9.49. The molecule has 1 N–H and O–H groups in total. The number of aryl methyl sites for hydroxylation is 1. The lowest BCUT2D eigenvalue weighted by molar-refractivity contribution is -0.141. The van der Waals surface area contributed by atoms with Crippen LogP contribution in [0.15, 0.2) is 66.0 Å². The van der Waals surface area contributed by atoms with Crippen LogP contribution in [0.4, 0.5) is 5.69 Å². The van der Waals surface area contributed by atoms with Crippen molar-refractivity contribution in [3.05, 3.63) is 87.6 Å². The maximum Gasteiger partial charge on any atom is 0.340 e.